The molecule has 38 heavy (non-hydrogen) atoms. The monoisotopic (exact) mass is 534 g/mol. The second kappa shape index (κ2) is 11.4. The van der Waals surface area contributed by atoms with Crippen LogP contribution in [0.15, 0.2) is 141 Å². The highest BCUT2D eigenvalue weighted by Gasteiger charge is 2.13. The topological polar surface area (TPSA) is 74.6 Å². The number of benzene rings is 5. The van der Waals surface area contributed by atoms with E-state index >= 15 is 0 Å². The average Bonchev–Trinajstić information content (AvgIpc) is 2.94. The first-order valence-corrected chi connectivity index (χ1v) is 13.4. The number of rotatable bonds is 8. The summed E-state index contributed by atoms with van der Waals surface area (Å²) < 4.78 is 0. The minimum atomic E-state index is -0.936. The zero-order chi connectivity index (χ0) is 26.5. The molecule has 0 aliphatic rings. The van der Waals surface area contributed by atoms with E-state index in [4.69, 9.17) is 0 Å². The van der Waals surface area contributed by atoms with Crippen LogP contribution in [0, 0.1) is 0 Å². The van der Waals surface area contributed by atoms with Crippen molar-refractivity contribution in [3.8, 4) is 22.3 Å². The number of aromatic carboxylic acids is 2. The van der Waals surface area contributed by atoms with Crippen LogP contribution in [0.3, 0.4) is 0 Å². The second-order valence-corrected chi connectivity index (χ2v) is 10.6. The molecule has 0 aromatic heterocycles. The van der Waals surface area contributed by atoms with Gasteiger partial charge in [-0.2, -0.15) is 0 Å². The molecule has 186 valence electrons. The van der Waals surface area contributed by atoms with Gasteiger partial charge in [-0.3, -0.25) is 0 Å². The van der Waals surface area contributed by atoms with Gasteiger partial charge in [-0.1, -0.05) is 96.3 Å². The van der Waals surface area contributed by atoms with Crippen LogP contribution in [0.4, 0.5) is 0 Å². The van der Waals surface area contributed by atoms with Gasteiger partial charge in [0.05, 0.1) is 11.1 Å². The molecule has 0 amide bonds. The molecule has 0 bridgehead atoms. The molecule has 0 unspecified atom stereocenters. The van der Waals surface area contributed by atoms with Crippen LogP contribution >= 0.6 is 23.5 Å². The van der Waals surface area contributed by atoms with Crippen LogP contribution in [0.5, 0.6) is 0 Å². The Morgan fingerprint density at radius 1 is 0.447 bits per heavy atom. The molecule has 0 fully saturated rings. The fourth-order valence-electron chi connectivity index (χ4n) is 4.11. The predicted molar refractivity (Wildman–Crippen MR) is 152 cm³/mol. The Bertz CT molecular complexity index is 1490. The van der Waals surface area contributed by atoms with Crippen LogP contribution in [-0.2, 0) is 0 Å². The Kier molecular flexibility index (Phi) is 7.63. The summed E-state index contributed by atoms with van der Waals surface area (Å²) in [5.74, 6) is -1.87. The van der Waals surface area contributed by atoms with Crippen molar-refractivity contribution >= 4 is 35.5 Å². The van der Waals surface area contributed by atoms with E-state index in [-0.39, 0.29) is 0 Å². The summed E-state index contributed by atoms with van der Waals surface area (Å²) in [5.41, 5.74) is 4.88. The predicted octanol–water partition coefficient (Wildman–Crippen LogP) is 8.72. The maximum atomic E-state index is 11.5. The summed E-state index contributed by atoms with van der Waals surface area (Å²) in [6, 6.07) is 38.5. The lowest BCUT2D eigenvalue weighted by atomic mass is 9.95. The van der Waals surface area contributed by atoms with Gasteiger partial charge in [0.25, 0.3) is 0 Å². The van der Waals surface area contributed by atoms with Crippen molar-refractivity contribution in [1.29, 1.82) is 0 Å². The molecule has 0 aliphatic heterocycles. The molecule has 0 radical (unpaired) electrons. The molecule has 5 aromatic rings. The van der Waals surface area contributed by atoms with Crippen LogP contribution < -0.4 is 0 Å². The quantitative estimate of drug-likeness (QED) is 0.207. The number of carboxylic acids is 2. The van der Waals surface area contributed by atoms with Crippen molar-refractivity contribution in [3.63, 3.8) is 0 Å². The fraction of sp³-hybridized carbons (Fsp3) is 0. The maximum Gasteiger partial charge on any atom is 0.336 e. The van der Waals surface area contributed by atoms with Gasteiger partial charge in [0.2, 0.25) is 0 Å². The molecular formula is C32H22O4S2. The van der Waals surface area contributed by atoms with Crippen LogP contribution in [-0.4, -0.2) is 22.2 Å². The third kappa shape index (κ3) is 5.67. The van der Waals surface area contributed by atoms with E-state index in [1.54, 1.807) is 24.3 Å². The third-order valence-corrected chi connectivity index (χ3v) is 8.12. The smallest absolute Gasteiger partial charge is 0.336 e. The summed E-state index contributed by atoms with van der Waals surface area (Å²) in [7, 11) is 0. The molecule has 6 heteroatoms. The Balaban J connectivity index is 1.38. The van der Waals surface area contributed by atoms with Crippen LogP contribution in [0.1, 0.15) is 20.7 Å². The SMILES string of the molecule is O=C(O)c1ccccc1Sc1ccc(-c2ccccc2-c2ccc(Sc3ccccc3C(=O)O)cc2)cc1. The van der Waals surface area contributed by atoms with Gasteiger partial charge in [-0.15, -0.1) is 0 Å². The van der Waals surface area contributed by atoms with Gasteiger partial charge in [0, 0.05) is 19.6 Å². The highest BCUT2D eigenvalue weighted by atomic mass is 32.2. The molecule has 5 rings (SSSR count). The molecule has 0 heterocycles. The van der Waals surface area contributed by atoms with E-state index in [1.165, 1.54) is 23.5 Å². The summed E-state index contributed by atoms with van der Waals surface area (Å²) in [5, 5.41) is 18.9. The standard InChI is InChI=1S/C32H22O4S2/c33-31(34)27-9-3-5-11-29(27)37-23-17-13-21(14-18-23)25-7-1-2-8-26(25)22-15-19-24(20-16-22)38-30-12-6-4-10-28(30)32(35)36/h1-20H,(H,33,34)(H,35,36). The first-order chi connectivity index (χ1) is 18.5. The van der Waals surface area contributed by atoms with Gasteiger partial charge in [-0.05, 0) is 70.8 Å². The number of hydrogen-bond acceptors (Lipinski definition) is 4. The van der Waals surface area contributed by atoms with Crippen molar-refractivity contribution in [2.45, 2.75) is 19.6 Å². The van der Waals surface area contributed by atoms with Crippen molar-refractivity contribution in [2.24, 2.45) is 0 Å². The van der Waals surface area contributed by atoms with Crippen LogP contribution in [0.2, 0.25) is 0 Å². The van der Waals surface area contributed by atoms with Crippen molar-refractivity contribution in [1.82, 2.24) is 0 Å². The first-order valence-electron chi connectivity index (χ1n) is 11.8. The molecule has 0 saturated heterocycles. The van der Waals surface area contributed by atoms with E-state index in [1.807, 2.05) is 60.7 Å². The maximum absolute atomic E-state index is 11.5. The van der Waals surface area contributed by atoms with Gasteiger partial charge >= 0.3 is 11.9 Å². The molecule has 0 saturated carbocycles. The third-order valence-electron chi connectivity index (χ3n) is 5.95. The molecular weight excluding hydrogens is 512 g/mol. The fourth-order valence-corrected chi connectivity index (χ4v) is 5.99. The lowest BCUT2D eigenvalue weighted by Crippen LogP contribution is -1.97. The van der Waals surface area contributed by atoms with Crippen LogP contribution in [0.25, 0.3) is 22.3 Å². The van der Waals surface area contributed by atoms with E-state index in [2.05, 4.69) is 36.4 Å². The number of hydrogen-bond donors (Lipinski definition) is 2. The zero-order valence-electron chi connectivity index (χ0n) is 20.1. The summed E-state index contributed by atoms with van der Waals surface area (Å²) in [4.78, 5) is 26.4. The van der Waals surface area contributed by atoms with Gasteiger partial charge in [0.1, 0.15) is 0 Å². The van der Waals surface area contributed by atoms with E-state index in [0.717, 1.165) is 32.0 Å². The molecule has 0 aliphatic carbocycles. The Morgan fingerprint density at radius 3 is 1.16 bits per heavy atom. The summed E-state index contributed by atoms with van der Waals surface area (Å²) >= 11 is 2.86. The van der Waals surface area contributed by atoms with Gasteiger partial charge in [-0.25, -0.2) is 9.59 Å². The van der Waals surface area contributed by atoms with Gasteiger partial charge < -0.3 is 10.2 Å². The molecule has 2 N–H and O–H groups in total. The second-order valence-electron chi connectivity index (χ2n) is 8.40. The summed E-state index contributed by atoms with van der Waals surface area (Å²) in [6.07, 6.45) is 0. The lowest BCUT2D eigenvalue weighted by Gasteiger charge is -2.12. The van der Waals surface area contributed by atoms with E-state index in [0.29, 0.717) is 20.9 Å². The Morgan fingerprint density at radius 2 is 0.789 bits per heavy atom. The minimum absolute atomic E-state index is 0.292. The summed E-state index contributed by atoms with van der Waals surface area (Å²) in [6.45, 7) is 0. The van der Waals surface area contributed by atoms with Crippen molar-refractivity contribution in [2.75, 3.05) is 0 Å². The Hall–Kier alpha value is -4.26. The molecule has 0 atom stereocenters. The molecule has 0 spiro atoms. The van der Waals surface area contributed by atoms with Gasteiger partial charge in [0.15, 0.2) is 0 Å². The van der Waals surface area contributed by atoms with E-state index in [9.17, 15) is 19.8 Å². The normalized spacial score (nSPS) is 10.7. The average molecular weight is 535 g/mol. The van der Waals surface area contributed by atoms with E-state index < -0.39 is 11.9 Å². The highest BCUT2D eigenvalue weighted by Crippen LogP contribution is 2.37. The highest BCUT2D eigenvalue weighted by molar-refractivity contribution is 7.99. The number of carboxylic acid groups (broad SMARTS) is 2. The lowest BCUT2D eigenvalue weighted by molar-refractivity contribution is 0.0682. The van der Waals surface area contributed by atoms with Crippen molar-refractivity contribution in [3.05, 3.63) is 132 Å². The molecule has 5 aromatic carbocycles. The molecule has 4 nitrogen and oxygen atoms in total. The largest absolute Gasteiger partial charge is 0.478 e. The number of carbonyl (C=O) groups is 2. The Labute approximate surface area is 229 Å². The zero-order valence-corrected chi connectivity index (χ0v) is 21.7. The first kappa shape index (κ1) is 25.4. The van der Waals surface area contributed by atoms with Crippen molar-refractivity contribution < 1.29 is 19.8 Å². The minimum Gasteiger partial charge on any atom is -0.478 e.